The van der Waals surface area contributed by atoms with E-state index in [0.29, 0.717) is 32.0 Å². The van der Waals surface area contributed by atoms with Crippen LogP contribution in [0.15, 0.2) is 36.9 Å². The van der Waals surface area contributed by atoms with Crippen molar-refractivity contribution in [2.45, 2.75) is 26.2 Å². The summed E-state index contributed by atoms with van der Waals surface area (Å²) in [5.41, 5.74) is 2.91. The van der Waals surface area contributed by atoms with Gasteiger partial charge in [-0.15, -0.1) is 0 Å². The number of amides is 1. The Kier molecular flexibility index (Phi) is 5.50. The van der Waals surface area contributed by atoms with Gasteiger partial charge >= 0.3 is 6.09 Å². The third-order valence-corrected chi connectivity index (χ3v) is 5.27. The van der Waals surface area contributed by atoms with E-state index in [1.54, 1.807) is 18.6 Å². The second kappa shape index (κ2) is 8.38. The summed E-state index contributed by atoms with van der Waals surface area (Å²) in [6.45, 7) is 4.28. The highest BCUT2D eigenvalue weighted by molar-refractivity contribution is 5.90. The van der Waals surface area contributed by atoms with Crippen LogP contribution in [0.4, 0.5) is 10.6 Å². The van der Waals surface area contributed by atoms with E-state index in [4.69, 9.17) is 9.97 Å². The van der Waals surface area contributed by atoms with E-state index in [2.05, 4.69) is 21.8 Å². The molecule has 1 aliphatic rings. The van der Waals surface area contributed by atoms with Gasteiger partial charge in [0.2, 0.25) is 0 Å². The van der Waals surface area contributed by atoms with Crippen molar-refractivity contribution in [3.8, 4) is 11.4 Å². The zero-order chi connectivity index (χ0) is 20.2. The monoisotopic (exact) mass is 392 g/mol. The maximum Gasteiger partial charge on any atom is 0.407 e. The topological polar surface area (TPSA) is 95.3 Å². The number of unbranched alkanes of at least 4 members (excludes halogenated alkanes) is 1. The Morgan fingerprint density at radius 3 is 2.59 bits per heavy atom. The minimum Gasteiger partial charge on any atom is -0.465 e. The third-order valence-electron chi connectivity index (χ3n) is 5.27. The Morgan fingerprint density at radius 2 is 1.83 bits per heavy atom. The molecule has 0 saturated carbocycles. The van der Waals surface area contributed by atoms with Gasteiger partial charge in [-0.05, 0) is 30.5 Å². The quantitative estimate of drug-likeness (QED) is 0.712. The highest BCUT2D eigenvalue weighted by atomic mass is 16.4. The number of hydrogen-bond acceptors (Lipinski definition) is 6. The van der Waals surface area contributed by atoms with Crippen LogP contribution in [0, 0.1) is 0 Å². The molecule has 8 heteroatoms. The Balaban J connectivity index is 1.76. The fourth-order valence-corrected chi connectivity index (χ4v) is 3.65. The molecule has 1 aliphatic heterocycles. The largest absolute Gasteiger partial charge is 0.465 e. The molecule has 0 radical (unpaired) electrons. The molecule has 0 aliphatic carbocycles. The molecular weight excluding hydrogens is 368 g/mol. The highest BCUT2D eigenvalue weighted by Gasteiger charge is 2.24. The van der Waals surface area contributed by atoms with Crippen molar-refractivity contribution in [2.24, 2.45) is 0 Å². The number of rotatable bonds is 5. The van der Waals surface area contributed by atoms with E-state index < -0.39 is 6.09 Å². The van der Waals surface area contributed by atoms with Crippen LogP contribution in [-0.2, 0) is 6.42 Å². The van der Waals surface area contributed by atoms with Crippen molar-refractivity contribution in [3.05, 3.63) is 42.5 Å². The number of hydrogen-bond donors (Lipinski definition) is 1. The number of fused-ring (bicyclic) bond motifs is 1. The van der Waals surface area contributed by atoms with Crippen molar-refractivity contribution in [2.75, 3.05) is 31.1 Å². The average Bonchev–Trinajstić information content (AvgIpc) is 2.77. The number of aryl methyl sites for hydroxylation is 1. The van der Waals surface area contributed by atoms with Crippen LogP contribution in [0.2, 0.25) is 0 Å². The normalized spacial score (nSPS) is 14.4. The van der Waals surface area contributed by atoms with E-state index in [1.165, 1.54) is 4.90 Å². The van der Waals surface area contributed by atoms with Crippen LogP contribution in [0.1, 0.15) is 25.3 Å². The number of piperazine rings is 1. The smallest absolute Gasteiger partial charge is 0.407 e. The van der Waals surface area contributed by atoms with E-state index >= 15 is 0 Å². The minimum atomic E-state index is -0.876. The summed E-state index contributed by atoms with van der Waals surface area (Å²) in [7, 11) is 0. The first-order valence-corrected chi connectivity index (χ1v) is 9.95. The lowest BCUT2D eigenvalue weighted by molar-refractivity contribution is 0.142. The van der Waals surface area contributed by atoms with Crippen molar-refractivity contribution in [1.82, 2.24) is 24.8 Å². The molecule has 4 rings (SSSR count). The molecule has 150 valence electrons. The van der Waals surface area contributed by atoms with Crippen molar-refractivity contribution >= 4 is 22.8 Å². The van der Waals surface area contributed by atoms with Gasteiger partial charge in [-0.25, -0.2) is 14.8 Å². The standard InChI is InChI=1S/C21H24N6O2/c1-2-3-4-15-13-22-7-5-16(15)19-24-18-14-23-8-6-17(18)20(25-19)26-9-11-27(12-10-26)21(28)29/h5-8,13-14H,2-4,9-12H2,1H3,(H,28,29). The second-order valence-corrected chi connectivity index (χ2v) is 7.16. The van der Waals surface area contributed by atoms with Gasteiger partial charge in [0.15, 0.2) is 5.82 Å². The first-order valence-electron chi connectivity index (χ1n) is 9.95. The molecule has 8 nitrogen and oxygen atoms in total. The first kappa shape index (κ1) is 19.0. The predicted molar refractivity (Wildman–Crippen MR) is 111 cm³/mol. The summed E-state index contributed by atoms with van der Waals surface area (Å²) < 4.78 is 0. The van der Waals surface area contributed by atoms with Gasteiger partial charge in [0, 0.05) is 55.7 Å². The highest BCUT2D eigenvalue weighted by Crippen LogP contribution is 2.29. The molecule has 1 N–H and O–H groups in total. The Labute approximate surface area is 169 Å². The van der Waals surface area contributed by atoms with Gasteiger partial charge in [-0.2, -0.15) is 0 Å². The van der Waals surface area contributed by atoms with E-state index in [-0.39, 0.29) is 0 Å². The number of anilines is 1. The predicted octanol–water partition coefficient (Wildman–Crippen LogP) is 3.23. The fraction of sp³-hybridized carbons (Fsp3) is 0.381. The molecule has 1 fully saturated rings. The van der Waals surface area contributed by atoms with Crippen molar-refractivity contribution in [1.29, 1.82) is 0 Å². The average molecular weight is 392 g/mol. The third kappa shape index (κ3) is 3.96. The van der Waals surface area contributed by atoms with Gasteiger partial charge in [0.1, 0.15) is 5.82 Å². The van der Waals surface area contributed by atoms with Gasteiger partial charge in [-0.3, -0.25) is 9.97 Å². The van der Waals surface area contributed by atoms with Gasteiger partial charge in [0.05, 0.1) is 11.7 Å². The van der Waals surface area contributed by atoms with E-state index in [1.807, 2.05) is 18.3 Å². The lowest BCUT2D eigenvalue weighted by atomic mass is 10.0. The van der Waals surface area contributed by atoms with Crippen molar-refractivity contribution in [3.63, 3.8) is 0 Å². The van der Waals surface area contributed by atoms with E-state index in [9.17, 15) is 9.90 Å². The number of pyridine rings is 2. The van der Waals surface area contributed by atoms with Crippen LogP contribution in [-0.4, -0.2) is 62.2 Å². The number of carbonyl (C=O) groups is 1. The lowest BCUT2D eigenvalue weighted by Crippen LogP contribution is -2.48. The first-order chi connectivity index (χ1) is 14.2. The Morgan fingerprint density at radius 1 is 1.07 bits per heavy atom. The SMILES string of the molecule is CCCCc1cnccc1-c1nc(N2CCN(C(=O)O)CC2)c2ccncc2n1. The molecule has 3 aromatic rings. The summed E-state index contributed by atoms with van der Waals surface area (Å²) >= 11 is 0. The second-order valence-electron chi connectivity index (χ2n) is 7.16. The molecule has 0 atom stereocenters. The van der Waals surface area contributed by atoms with Crippen LogP contribution in [0.3, 0.4) is 0 Å². The number of carboxylic acid groups (broad SMARTS) is 1. The maximum absolute atomic E-state index is 11.2. The fourth-order valence-electron chi connectivity index (χ4n) is 3.65. The molecular formula is C21H24N6O2. The van der Waals surface area contributed by atoms with Crippen LogP contribution in [0.5, 0.6) is 0 Å². The summed E-state index contributed by atoms with van der Waals surface area (Å²) in [6.07, 6.45) is 9.40. The summed E-state index contributed by atoms with van der Waals surface area (Å²) in [4.78, 5) is 33.0. The Hall–Kier alpha value is -3.29. The molecule has 1 amide bonds. The van der Waals surface area contributed by atoms with Crippen LogP contribution < -0.4 is 4.90 Å². The molecule has 0 unspecified atom stereocenters. The molecule has 29 heavy (non-hydrogen) atoms. The number of nitrogens with zero attached hydrogens (tertiary/aromatic N) is 6. The molecule has 4 heterocycles. The molecule has 1 saturated heterocycles. The molecule has 0 aromatic carbocycles. The minimum absolute atomic E-state index is 0.457. The summed E-state index contributed by atoms with van der Waals surface area (Å²) in [5, 5.41) is 10.2. The number of aromatic nitrogens is 4. The zero-order valence-electron chi connectivity index (χ0n) is 16.5. The Bertz CT molecular complexity index is 1020. The van der Waals surface area contributed by atoms with E-state index in [0.717, 1.165) is 47.1 Å². The molecule has 0 spiro atoms. The van der Waals surface area contributed by atoms with Crippen molar-refractivity contribution < 1.29 is 9.90 Å². The van der Waals surface area contributed by atoms with Crippen LogP contribution in [0.25, 0.3) is 22.3 Å². The maximum atomic E-state index is 11.2. The van der Waals surface area contributed by atoms with Gasteiger partial charge in [0.25, 0.3) is 0 Å². The summed E-state index contributed by atoms with van der Waals surface area (Å²) in [6, 6.07) is 3.89. The lowest BCUT2D eigenvalue weighted by Gasteiger charge is -2.34. The zero-order valence-corrected chi connectivity index (χ0v) is 16.5. The van der Waals surface area contributed by atoms with Gasteiger partial charge < -0.3 is 14.9 Å². The van der Waals surface area contributed by atoms with Gasteiger partial charge in [-0.1, -0.05) is 13.3 Å². The molecule has 0 bridgehead atoms. The summed E-state index contributed by atoms with van der Waals surface area (Å²) in [5.74, 6) is 1.49. The molecule has 3 aromatic heterocycles. The van der Waals surface area contributed by atoms with Crippen LogP contribution >= 0.6 is 0 Å².